The van der Waals surface area contributed by atoms with Gasteiger partial charge in [-0.1, -0.05) is 194 Å². The fourth-order valence-electron chi connectivity index (χ4n) is 12.8. The molecule has 0 saturated carbocycles. The molecule has 2 heteroatoms. The molecular weight excluding hydrogens is 811 g/mol. The zero-order valence-electron chi connectivity index (χ0n) is 39.3. The summed E-state index contributed by atoms with van der Waals surface area (Å²) >= 11 is 0. The van der Waals surface area contributed by atoms with Gasteiger partial charge in [-0.05, 0) is 137 Å². The molecule has 0 N–H and O–H groups in total. The normalized spacial score (nSPS) is 15.4. The van der Waals surface area contributed by atoms with Crippen LogP contribution >= 0.6 is 0 Å². The third kappa shape index (κ3) is 5.39. The Kier molecular flexibility index (Phi) is 8.23. The minimum absolute atomic E-state index is 0.0467. The zero-order chi connectivity index (χ0) is 45.6. The first-order valence-corrected chi connectivity index (χ1v) is 23.9. The minimum atomic E-state index is -0.472. The number of furan rings is 1. The first kappa shape index (κ1) is 39.9. The highest BCUT2D eigenvalue weighted by atomic mass is 16.3. The van der Waals surface area contributed by atoms with Crippen LogP contribution in [0, 0.1) is 0 Å². The van der Waals surface area contributed by atoms with E-state index in [-0.39, 0.29) is 16.2 Å². The summed E-state index contributed by atoms with van der Waals surface area (Å²) < 4.78 is 6.67. The zero-order valence-corrected chi connectivity index (χ0v) is 39.3. The van der Waals surface area contributed by atoms with Gasteiger partial charge >= 0.3 is 0 Å². The molecule has 1 aromatic heterocycles. The van der Waals surface area contributed by atoms with E-state index in [2.05, 4.69) is 247 Å². The van der Waals surface area contributed by atoms with Gasteiger partial charge < -0.3 is 9.32 Å². The second kappa shape index (κ2) is 13.8. The summed E-state index contributed by atoms with van der Waals surface area (Å²) in [7, 11) is 0. The van der Waals surface area contributed by atoms with Gasteiger partial charge in [-0.3, -0.25) is 0 Å². The molecule has 9 aromatic carbocycles. The van der Waals surface area contributed by atoms with Crippen LogP contribution in [0.5, 0.6) is 0 Å². The number of rotatable bonds is 5. The fourth-order valence-corrected chi connectivity index (χ4v) is 12.8. The van der Waals surface area contributed by atoms with Crippen molar-refractivity contribution in [3.05, 3.63) is 244 Å². The van der Waals surface area contributed by atoms with Crippen LogP contribution < -0.4 is 4.90 Å². The lowest BCUT2D eigenvalue weighted by Crippen LogP contribution is -2.28. The first-order chi connectivity index (χ1) is 32.4. The van der Waals surface area contributed by atoms with Crippen molar-refractivity contribution in [2.75, 3.05) is 4.90 Å². The van der Waals surface area contributed by atoms with Crippen molar-refractivity contribution in [2.45, 2.75) is 70.1 Å². The maximum Gasteiger partial charge on any atom is 0.135 e. The van der Waals surface area contributed by atoms with E-state index >= 15 is 0 Å². The summed E-state index contributed by atoms with van der Waals surface area (Å²) in [5.74, 6) is 0. The molecule has 0 aliphatic heterocycles. The molecule has 324 valence electrons. The van der Waals surface area contributed by atoms with Crippen molar-refractivity contribution >= 4 is 39.0 Å². The van der Waals surface area contributed by atoms with Gasteiger partial charge in [0.05, 0.1) is 5.41 Å². The number of hydrogen-bond donors (Lipinski definition) is 0. The van der Waals surface area contributed by atoms with Crippen LogP contribution in [0.1, 0.15) is 98.5 Å². The van der Waals surface area contributed by atoms with Gasteiger partial charge in [0.2, 0.25) is 0 Å². The molecular formula is C65H53NO. The highest BCUT2D eigenvalue weighted by Gasteiger charge is 2.46. The van der Waals surface area contributed by atoms with E-state index in [0.29, 0.717) is 0 Å². The number of hydrogen-bond acceptors (Lipinski definition) is 2. The molecule has 3 aliphatic carbocycles. The molecule has 67 heavy (non-hydrogen) atoms. The van der Waals surface area contributed by atoms with Crippen LogP contribution in [-0.4, -0.2) is 0 Å². The maximum atomic E-state index is 6.67. The van der Waals surface area contributed by atoms with Crippen LogP contribution in [0.15, 0.2) is 199 Å². The molecule has 2 nitrogen and oxygen atoms in total. The molecule has 0 saturated heterocycles. The molecule has 0 amide bonds. The van der Waals surface area contributed by atoms with Crippen LogP contribution in [0.4, 0.5) is 17.1 Å². The molecule has 0 fully saturated rings. The highest BCUT2D eigenvalue weighted by molar-refractivity contribution is 6.13. The Morgan fingerprint density at radius 1 is 0.373 bits per heavy atom. The van der Waals surface area contributed by atoms with Gasteiger partial charge in [-0.15, -0.1) is 0 Å². The lowest BCUT2D eigenvalue weighted by Gasteiger charge is -2.34. The van der Waals surface area contributed by atoms with Crippen molar-refractivity contribution in [3.63, 3.8) is 0 Å². The Morgan fingerprint density at radius 2 is 0.851 bits per heavy atom. The van der Waals surface area contributed by atoms with Gasteiger partial charge in [-0.25, -0.2) is 0 Å². The molecule has 0 spiro atoms. The predicted octanol–water partition coefficient (Wildman–Crippen LogP) is 17.3. The van der Waals surface area contributed by atoms with Gasteiger partial charge in [0.25, 0.3) is 0 Å². The molecule has 1 heterocycles. The van der Waals surface area contributed by atoms with Crippen molar-refractivity contribution in [3.8, 4) is 33.4 Å². The van der Waals surface area contributed by atoms with E-state index in [4.69, 9.17) is 4.42 Å². The minimum Gasteiger partial charge on any atom is -0.456 e. The summed E-state index contributed by atoms with van der Waals surface area (Å²) in [5.41, 5.74) is 24.1. The van der Waals surface area contributed by atoms with E-state index in [1.54, 1.807) is 0 Å². The van der Waals surface area contributed by atoms with E-state index in [9.17, 15) is 0 Å². The Bertz CT molecular complexity index is 3620. The number of anilines is 3. The van der Waals surface area contributed by atoms with E-state index in [1.807, 2.05) is 0 Å². The summed E-state index contributed by atoms with van der Waals surface area (Å²) in [6.07, 6.45) is 0. The van der Waals surface area contributed by atoms with Crippen molar-refractivity contribution < 1.29 is 4.42 Å². The van der Waals surface area contributed by atoms with Crippen LogP contribution in [0.2, 0.25) is 0 Å². The summed E-state index contributed by atoms with van der Waals surface area (Å²) in [5, 5.41) is 2.49. The lowest BCUT2D eigenvalue weighted by atomic mass is 9.68. The first-order valence-electron chi connectivity index (χ1n) is 23.9. The predicted molar refractivity (Wildman–Crippen MR) is 280 cm³/mol. The summed E-state index contributed by atoms with van der Waals surface area (Å²) in [4.78, 5) is 2.49. The molecule has 0 unspecified atom stereocenters. The highest BCUT2D eigenvalue weighted by Crippen LogP contribution is 2.58. The largest absolute Gasteiger partial charge is 0.456 e. The Balaban J connectivity index is 1.01. The monoisotopic (exact) mass is 863 g/mol. The Hall–Kier alpha value is -7.42. The Labute approximate surface area is 394 Å². The van der Waals surface area contributed by atoms with Crippen molar-refractivity contribution in [2.24, 2.45) is 0 Å². The van der Waals surface area contributed by atoms with E-state index < -0.39 is 5.41 Å². The number of fused-ring (bicyclic) bond motifs is 13. The molecule has 0 radical (unpaired) electrons. The van der Waals surface area contributed by atoms with Gasteiger partial charge in [0, 0.05) is 38.7 Å². The number of nitrogens with zero attached hydrogens (tertiary/aromatic N) is 1. The quantitative estimate of drug-likeness (QED) is 0.171. The molecule has 3 aliphatic rings. The summed E-state index contributed by atoms with van der Waals surface area (Å²) in [6.45, 7) is 16.5. The average molecular weight is 864 g/mol. The van der Waals surface area contributed by atoms with Crippen LogP contribution in [-0.2, 0) is 21.7 Å². The van der Waals surface area contributed by atoms with Gasteiger partial charge in [-0.2, -0.15) is 0 Å². The molecule has 0 atom stereocenters. The maximum absolute atomic E-state index is 6.67. The van der Waals surface area contributed by atoms with Gasteiger partial charge in [0.15, 0.2) is 0 Å². The third-order valence-corrected chi connectivity index (χ3v) is 15.9. The molecule has 0 bridgehead atoms. The standard InChI is InChI=1S/C65H53NO/c1-62(2,3)54-26-17-27-57-59(54)60-58(67-57)37-36-50-49-35-33-44(39-56(49)64(6,7)61(50)60)66(43-32-34-48-45-20-11-14-23-51(45)63(4,5)55(48)38-43)42-30-28-41(29-31-42)65(40-18-9-8-10-19-40)52-24-15-12-21-46(52)47-22-13-16-25-53(47)65/h8-39H,1-7H3. The van der Waals surface area contributed by atoms with Crippen LogP contribution in [0.25, 0.3) is 55.3 Å². The topological polar surface area (TPSA) is 16.4 Å². The third-order valence-electron chi connectivity index (χ3n) is 15.9. The Morgan fingerprint density at radius 3 is 1.48 bits per heavy atom. The second-order valence-electron chi connectivity index (χ2n) is 21.2. The molecule has 10 aromatic rings. The smallest absolute Gasteiger partial charge is 0.135 e. The van der Waals surface area contributed by atoms with Crippen molar-refractivity contribution in [1.82, 2.24) is 0 Å². The van der Waals surface area contributed by atoms with E-state index in [0.717, 1.165) is 28.2 Å². The molecule has 13 rings (SSSR count). The summed E-state index contributed by atoms with van der Waals surface area (Å²) in [6, 6.07) is 72.9. The van der Waals surface area contributed by atoms with Gasteiger partial charge in [0.1, 0.15) is 11.2 Å². The SMILES string of the molecule is CC(C)(C)c1cccc2oc3ccc4c(c3c12)C(C)(C)c1cc(N(c2ccc(C3(c5ccccc5)c5ccccc5-c5ccccc53)cc2)c2ccc3c(c2)C(C)(C)c2ccccc2-3)ccc1-4. The van der Waals surface area contributed by atoms with E-state index in [1.165, 1.54) is 94.2 Å². The lowest BCUT2D eigenvalue weighted by molar-refractivity contribution is 0.594. The number of benzene rings is 9. The van der Waals surface area contributed by atoms with Crippen LogP contribution in [0.3, 0.4) is 0 Å². The van der Waals surface area contributed by atoms with Crippen molar-refractivity contribution in [1.29, 1.82) is 0 Å². The second-order valence-corrected chi connectivity index (χ2v) is 21.2. The fraction of sp³-hybridized carbons (Fsp3) is 0.169. The average Bonchev–Trinajstić information content (AvgIpc) is 4.01.